The molecule has 0 saturated heterocycles. The van der Waals surface area contributed by atoms with Crippen molar-refractivity contribution in [3.05, 3.63) is 40.3 Å². The number of benzene rings is 1. The van der Waals surface area contributed by atoms with E-state index in [2.05, 4.69) is 5.32 Å². The van der Waals surface area contributed by atoms with Crippen LogP contribution < -0.4 is 15.8 Å². The van der Waals surface area contributed by atoms with Crippen LogP contribution in [0.2, 0.25) is 0 Å². The summed E-state index contributed by atoms with van der Waals surface area (Å²) >= 11 is 2.31. The molecule has 0 radical (unpaired) electrons. The number of ether oxygens (including phenoxy) is 2. The van der Waals surface area contributed by atoms with Crippen molar-refractivity contribution in [1.82, 2.24) is 0 Å². The Hall–Kier alpha value is -2.52. The van der Waals surface area contributed by atoms with Crippen LogP contribution >= 0.6 is 23.1 Å². The van der Waals surface area contributed by atoms with Gasteiger partial charge in [-0.1, -0.05) is 0 Å². The fourth-order valence-electron chi connectivity index (χ4n) is 2.27. The van der Waals surface area contributed by atoms with Gasteiger partial charge in [-0.25, -0.2) is 4.79 Å². The van der Waals surface area contributed by atoms with E-state index in [0.717, 1.165) is 22.0 Å². The number of carbonyl (C=O) groups is 3. The third-order valence-electron chi connectivity index (χ3n) is 3.53. The van der Waals surface area contributed by atoms with Crippen molar-refractivity contribution in [2.75, 3.05) is 24.8 Å². The zero-order chi connectivity index (χ0) is 20.0. The number of hydrogen-bond acceptors (Lipinski definition) is 7. The molecule has 2 rings (SSSR count). The lowest BCUT2D eigenvalue weighted by atomic mass is 10.1. The molecule has 0 aliphatic rings. The highest BCUT2D eigenvalue weighted by atomic mass is 32.2. The van der Waals surface area contributed by atoms with E-state index < -0.39 is 11.9 Å². The maximum Gasteiger partial charge on any atom is 0.341 e. The molecule has 2 aromatic rings. The number of nitrogens with one attached hydrogen (secondary N) is 1. The van der Waals surface area contributed by atoms with E-state index in [0.29, 0.717) is 5.56 Å². The summed E-state index contributed by atoms with van der Waals surface area (Å²) in [6.45, 7) is 3.46. The van der Waals surface area contributed by atoms with Crippen molar-refractivity contribution in [3.8, 4) is 5.75 Å². The summed E-state index contributed by atoms with van der Waals surface area (Å²) in [5.41, 5.74) is 5.92. The molecule has 0 saturated carbocycles. The molecule has 0 unspecified atom stereocenters. The fraction of sp³-hybridized carbons (Fsp3) is 0.278. The average Bonchev–Trinajstić information content (AvgIpc) is 2.97. The summed E-state index contributed by atoms with van der Waals surface area (Å²) in [6.07, 6.45) is 0. The Bertz CT molecular complexity index is 846. The van der Waals surface area contributed by atoms with Gasteiger partial charge in [0.1, 0.15) is 10.8 Å². The molecule has 1 heterocycles. The van der Waals surface area contributed by atoms with Gasteiger partial charge in [0.25, 0.3) is 5.91 Å². The Kier molecular flexibility index (Phi) is 7.26. The Morgan fingerprint density at radius 1 is 1.22 bits per heavy atom. The lowest BCUT2D eigenvalue weighted by Crippen LogP contribution is -2.16. The SMILES string of the molecule is CCOC(=O)c1c(NC(=O)CSc2ccc(OC)cc2)sc(C(N)=O)c1C. The molecule has 7 nitrogen and oxygen atoms in total. The largest absolute Gasteiger partial charge is 0.497 e. The molecular weight excluding hydrogens is 388 g/mol. The number of methoxy groups -OCH3 is 1. The predicted octanol–water partition coefficient (Wildman–Crippen LogP) is 3.07. The number of nitrogens with two attached hydrogens (primary N) is 1. The minimum atomic E-state index is -0.656. The number of anilines is 1. The highest BCUT2D eigenvalue weighted by molar-refractivity contribution is 8.00. The number of esters is 1. The van der Waals surface area contributed by atoms with Gasteiger partial charge in [0, 0.05) is 4.90 Å². The van der Waals surface area contributed by atoms with E-state index in [4.69, 9.17) is 15.2 Å². The number of amides is 2. The smallest absolute Gasteiger partial charge is 0.341 e. The van der Waals surface area contributed by atoms with Gasteiger partial charge in [-0.05, 0) is 43.7 Å². The Labute approximate surface area is 165 Å². The molecule has 0 fully saturated rings. The molecule has 0 aliphatic heterocycles. The van der Waals surface area contributed by atoms with Crippen molar-refractivity contribution in [2.45, 2.75) is 18.7 Å². The summed E-state index contributed by atoms with van der Waals surface area (Å²) in [5.74, 6) is -0.695. The van der Waals surface area contributed by atoms with E-state index in [9.17, 15) is 14.4 Å². The second-order valence-electron chi connectivity index (χ2n) is 5.36. The number of hydrogen-bond donors (Lipinski definition) is 2. The van der Waals surface area contributed by atoms with Crippen LogP contribution in [-0.4, -0.2) is 37.3 Å². The van der Waals surface area contributed by atoms with Gasteiger partial charge in [0.05, 0.1) is 29.9 Å². The van der Waals surface area contributed by atoms with Gasteiger partial charge in [0.2, 0.25) is 5.91 Å². The van der Waals surface area contributed by atoms with Gasteiger partial charge in [-0.15, -0.1) is 23.1 Å². The van der Waals surface area contributed by atoms with E-state index >= 15 is 0 Å². The second-order valence-corrected chi connectivity index (χ2v) is 7.43. The predicted molar refractivity (Wildman–Crippen MR) is 106 cm³/mol. The summed E-state index contributed by atoms with van der Waals surface area (Å²) in [4.78, 5) is 37.2. The number of thiophene rings is 1. The molecule has 1 aromatic heterocycles. The molecule has 144 valence electrons. The molecule has 0 spiro atoms. The maximum atomic E-state index is 12.3. The van der Waals surface area contributed by atoms with Crippen LogP contribution in [0.4, 0.5) is 5.00 Å². The summed E-state index contributed by atoms with van der Waals surface area (Å²) in [7, 11) is 1.58. The van der Waals surface area contributed by atoms with Gasteiger partial charge < -0.3 is 20.5 Å². The topological polar surface area (TPSA) is 108 Å². The van der Waals surface area contributed by atoms with E-state index in [-0.39, 0.29) is 33.7 Å². The van der Waals surface area contributed by atoms with Gasteiger partial charge >= 0.3 is 5.97 Å². The fourth-order valence-corrected chi connectivity index (χ4v) is 4.03. The summed E-state index contributed by atoms with van der Waals surface area (Å²) < 4.78 is 10.1. The summed E-state index contributed by atoms with van der Waals surface area (Å²) in [6, 6.07) is 7.31. The van der Waals surface area contributed by atoms with E-state index in [1.807, 2.05) is 12.1 Å². The Morgan fingerprint density at radius 3 is 2.44 bits per heavy atom. The molecule has 0 aliphatic carbocycles. The molecule has 0 bridgehead atoms. The van der Waals surface area contributed by atoms with Crippen molar-refractivity contribution in [3.63, 3.8) is 0 Å². The maximum absolute atomic E-state index is 12.3. The first-order valence-electron chi connectivity index (χ1n) is 8.04. The van der Waals surface area contributed by atoms with E-state index in [1.165, 1.54) is 11.8 Å². The standard InChI is InChI=1S/C18H20N2O5S2/c1-4-25-18(23)14-10(2)15(16(19)22)27-17(14)20-13(21)9-26-12-7-5-11(24-3)6-8-12/h5-8H,4,9H2,1-3H3,(H2,19,22)(H,20,21). The van der Waals surface area contributed by atoms with Gasteiger partial charge in [-0.2, -0.15) is 0 Å². The highest BCUT2D eigenvalue weighted by Crippen LogP contribution is 2.34. The molecular formula is C18H20N2O5S2. The minimum absolute atomic E-state index is 0.136. The van der Waals surface area contributed by atoms with Crippen molar-refractivity contribution >= 4 is 45.9 Å². The minimum Gasteiger partial charge on any atom is -0.497 e. The molecule has 27 heavy (non-hydrogen) atoms. The van der Waals surface area contributed by atoms with Crippen LogP contribution in [0.25, 0.3) is 0 Å². The van der Waals surface area contributed by atoms with Crippen LogP contribution in [0, 0.1) is 6.92 Å². The van der Waals surface area contributed by atoms with Crippen molar-refractivity contribution < 1.29 is 23.9 Å². The second kappa shape index (κ2) is 9.43. The molecule has 3 N–H and O–H groups in total. The third-order valence-corrected chi connectivity index (χ3v) is 5.77. The van der Waals surface area contributed by atoms with E-state index in [1.54, 1.807) is 33.1 Å². The quantitative estimate of drug-likeness (QED) is 0.513. The first-order valence-corrected chi connectivity index (χ1v) is 9.84. The zero-order valence-electron chi connectivity index (χ0n) is 15.2. The van der Waals surface area contributed by atoms with Crippen LogP contribution in [0.3, 0.4) is 0 Å². The third kappa shape index (κ3) is 5.24. The first-order chi connectivity index (χ1) is 12.9. The lowest BCUT2D eigenvalue weighted by Gasteiger charge is -2.07. The lowest BCUT2D eigenvalue weighted by molar-refractivity contribution is -0.113. The molecule has 9 heteroatoms. The Balaban J connectivity index is 2.12. The van der Waals surface area contributed by atoms with Gasteiger partial charge in [0.15, 0.2) is 0 Å². The van der Waals surface area contributed by atoms with Crippen LogP contribution in [0.1, 0.15) is 32.5 Å². The monoisotopic (exact) mass is 408 g/mol. The molecule has 0 atom stereocenters. The normalized spacial score (nSPS) is 10.3. The zero-order valence-corrected chi connectivity index (χ0v) is 16.8. The number of primary amides is 1. The Morgan fingerprint density at radius 2 is 1.89 bits per heavy atom. The number of thioether (sulfide) groups is 1. The first kappa shape index (κ1) is 20.8. The number of carbonyl (C=O) groups excluding carboxylic acids is 3. The van der Waals surface area contributed by atoms with Crippen molar-refractivity contribution in [2.24, 2.45) is 5.73 Å². The van der Waals surface area contributed by atoms with Crippen molar-refractivity contribution in [1.29, 1.82) is 0 Å². The van der Waals surface area contributed by atoms with Crippen LogP contribution in [0.15, 0.2) is 29.2 Å². The van der Waals surface area contributed by atoms with Crippen LogP contribution in [-0.2, 0) is 9.53 Å². The average molecular weight is 409 g/mol. The number of rotatable bonds is 8. The summed E-state index contributed by atoms with van der Waals surface area (Å²) in [5, 5.41) is 2.95. The molecule has 2 amide bonds. The molecule has 1 aromatic carbocycles. The van der Waals surface area contributed by atoms with Gasteiger partial charge in [-0.3, -0.25) is 9.59 Å². The van der Waals surface area contributed by atoms with Crippen LogP contribution in [0.5, 0.6) is 5.75 Å². The highest BCUT2D eigenvalue weighted by Gasteiger charge is 2.25.